The molecule has 1 N–H and O–H groups in total. The van der Waals surface area contributed by atoms with Gasteiger partial charge in [-0.25, -0.2) is 0 Å². The first kappa shape index (κ1) is 12.4. The minimum absolute atomic E-state index is 0.481. The third-order valence-electron chi connectivity index (χ3n) is 3.73. The van der Waals surface area contributed by atoms with Crippen molar-refractivity contribution in [3.8, 4) is 0 Å². The highest BCUT2D eigenvalue weighted by atomic mass is 16.3. The molecule has 1 saturated heterocycles. The average molecular weight is 234 g/mol. The van der Waals surface area contributed by atoms with Crippen LogP contribution in [0.1, 0.15) is 39.0 Å². The number of nitrogens with zero attached hydrogens (tertiary/aromatic N) is 2. The Kier molecular flexibility index (Phi) is 3.67. The molecule has 2 heterocycles. The average Bonchev–Trinajstić information content (AvgIpc) is 2.78. The molecule has 0 radical (unpaired) electrons. The number of aromatic nitrogens is 1. The van der Waals surface area contributed by atoms with E-state index in [9.17, 15) is 5.11 Å². The van der Waals surface area contributed by atoms with Gasteiger partial charge in [0.05, 0.1) is 23.7 Å². The SMILES string of the molecule is CC(O)c1ccc(N2CCC(C(C)C)C2)cn1. The summed E-state index contributed by atoms with van der Waals surface area (Å²) in [6, 6.07) is 3.99. The Bertz CT molecular complexity index is 359. The predicted octanol–water partition coefficient (Wildman–Crippen LogP) is 2.62. The van der Waals surface area contributed by atoms with Crippen molar-refractivity contribution in [3.63, 3.8) is 0 Å². The fourth-order valence-electron chi connectivity index (χ4n) is 2.40. The van der Waals surface area contributed by atoms with Crippen LogP contribution in [0.5, 0.6) is 0 Å². The molecular formula is C14H22N2O. The zero-order chi connectivity index (χ0) is 12.4. The molecule has 1 aromatic rings. The van der Waals surface area contributed by atoms with Crippen LogP contribution in [0.15, 0.2) is 18.3 Å². The molecule has 0 bridgehead atoms. The van der Waals surface area contributed by atoms with Gasteiger partial charge in [0.1, 0.15) is 0 Å². The summed E-state index contributed by atoms with van der Waals surface area (Å²) in [6.07, 6.45) is 2.67. The van der Waals surface area contributed by atoms with E-state index in [0.717, 1.165) is 30.6 Å². The molecule has 2 atom stereocenters. The van der Waals surface area contributed by atoms with Crippen LogP contribution in [0.25, 0.3) is 0 Å². The Labute approximate surface area is 103 Å². The van der Waals surface area contributed by atoms with Crippen molar-refractivity contribution in [2.24, 2.45) is 11.8 Å². The van der Waals surface area contributed by atoms with Gasteiger partial charge in [0.15, 0.2) is 0 Å². The Morgan fingerprint density at radius 3 is 2.59 bits per heavy atom. The van der Waals surface area contributed by atoms with E-state index in [1.54, 1.807) is 6.92 Å². The minimum Gasteiger partial charge on any atom is -0.387 e. The van der Waals surface area contributed by atoms with E-state index >= 15 is 0 Å². The maximum absolute atomic E-state index is 9.42. The molecule has 0 saturated carbocycles. The molecule has 0 aromatic carbocycles. The lowest BCUT2D eigenvalue weighted by Gasteiger charge is -2.20. The normalized spacial score (nSPS) is 22.2. The van der Waals surface area contributed by atoms with Gasteiger partial charge in [0.2, 0.25) is 0 Å². The monoisotopic (exact) mass is 234 g/mol. The molecule has 0 amide bonds. The summed E-state index contributed by atoms with van der Waals surface area (Å²) >= 11 is 0. The quantitative estimate of drug-likeness (QED) is 0.873. The molecule has 2 unspecified atom stereocenters. The van der Waals surface area contributed by atoms with Crippen molar-refractivity contribution in [3.05, 3.63) is 24.0 Å². The van der Waals surface area contributed by atoms with Gasteiger partial charge in [0.25, 0.3) is 0 Å². The first-order chi connectivity index (χ1) is 8.08. The summed E-state index contributed by atoms with van der Waals surface area (Å²) < 4.78 is 0. The molecule has 1 aliphatic rings. The highest BCUT2D eigenvalue weighted by Gasteiger charge is 2.25. The lowest BCUT2D eigenvalue weighted by molar-refractivity contribution is 0.194. The van der Waals surface area contributed by atoms with Gasteiger partial charge < -0.3 is 10.0 Å². The van der Waals surface area contributed by atoms with E-state index in [4.69, 9.17) is 0 Å². The summed E-state index contributed by atoms with van der Waals surface area (Å²) in [5.41, 5.74) is 1.92. The maximum atomic E-state index is 9.42. The van der Waals surface area contributed by atoms with Gasteiger partial charge in [0, 0.05) is 13.1 Å². The van der Waals surface area contributed by atoms with E-state index in [0.29, 0.717) is 0 Å². The van der Waals surface area contributed by atoms with E-state index in [1.165, 1.54) is 12.1 Å². The smallest absolute Gasteiger partial charge is 0.0931 e. The number of hydrogen-bond donors (Lipinski definition) is 1. The van der Waals surface area contributed by atoms with Crippen LogP contribution in [-0.2, 0) is 0 Å². The lowest BCUT2D eigenvalue weighted by atomic mass is 9.95. The number of anilines is 1. The van der Waals surface area contributed by atoms with Crippen LogP contribution in [0, 0.1) is 11.8 Å². The summed E-state index contributed by atoms with van der Waals surface area (Å²) in [7, 11) is 0. The molecule has 3 nitrogen and oxygen atoms in total. The zero-order valence-corrected chi connectivity index (χ0v) is 10.9. The topological polar surface area (TPSA) is 36.4 Å². The van der Waals surface area contributed by atoms with Crippen LogP contribution in [0.2, 0.25) is 0 Å². The van der Waals surface area contributed by atoms with E-state index in [-0.39, 0.29) is 0 Å². The van der Waals surface area contributed by atoms with Gasteiger partial charge in [-0.1, -0.05) is 13.8 Å². The maximum Gasteiger partial charge on any atom is 0.0931 e. The predicted molar refractivity (Wildman–Crippen MR) is 70.0 cm³/mol. The minimum atomic E-state index is -0.481. The second-order valence-corrected chi connectivity index (χ2v) is 5.36. The first-order valence-electron chi connectivity index (χ1n) is 6.47. The van der Waals surface area contributed by atoms with Crippen molar-refractivity contribution >= 4 is 5.69 Å². The number of hydrogen-bond acceptors (Lipinski definition) is 3. The third kappa shape index (κ3) is 2.78. The van der Waals surface area contributed by atoms with Crippen molar-refractivity contribution in [1.29, 1.82) is 0 Å². The fourth-order valence-corrected chi connectivity index (χ4v) is 2.40. The molecule has 2 rings (SSSR count). The second kappa shape index (κ2) is 5.05. The molecule has 0 aliphatic carbocycles. The number of aliphatic hydroxyl groups is 1. The summed E-state index contributed by atoms with van der Waals surface area (Å²) in [5, 5.41) is 9.42. The Morgan fingerprint density at radius 2 is 2.12 bits per heavy atom. The van der Waals surface area contributed by atoms with Gasteiger partial charge in [-0.15, -0.1) is 0 Å². The van der Waals surface area contributed by atoms with Crippen LogP contribution < -0.4 is 4.90 Å². The third-order valence-corrected chi connectivity index (χ3v) is 3.73. The fraction of sp³-hybridized carbons (Fsp3) is 0.643. The van der Waals surface area contributed by atoms with Crippen molar-refractivity contribution in [2.45, 2.75) is 33.3 Å². The van der Waals surface area contributed by atoms with Gasteiger partial charge in [-0.2, -0.15) is 0 Å². The Hall–Kier alpha value is -1.09. The highest BCUT2D eigenvalue weighted by Crippen LogP contribution is 2.28. The molecule has 17 heavy (non-hydrogen) atoms. The molecular weight excluding hydrogens is 212 g/mol. The van der Waals surface area contributed by atoms with Gasteiger partial charge in [-0.05, 0) is 37.3 Å². The van der Waals surface area contributed by atoms with Crippen LogP contribution in [0.3, 0.4) is 0 Å². The number of pyridine rings is 1. The molecule has 1 aromatic heterocycles. The standard InChI is InChI=1S/C14H22N2O/c1-10(2)12-6-7-16(9-12)13-4-5-14(11(3)17)15-8-13/h4-5,8,10-12,17H,6-7,9H2,1-3H3. The molecule has 0 spiro atoms. The van der Waals surface area contributed by atoms with Crippen LogP contribution >= 0.6 is 0 Å². The Balaban J connectivity index is 2.04. The van der Waals surface area contributed by atoms with Crippen molar-refractivity contribution < 1.29 is 5.11 Å². The summed E-state index contributed by atoms with van der Waals surface area (Å²) in [6.45, 7) is 8.59. The zero-order valence-electron chi connectivity index (χ0n) is 10.9. The summed E-state index contributed by atoms with van der Waals surface area (Å²) in [5.74, 6) is 1.55. The van der Waals surface area contributed by atoms with Gasteiger partial charge in [-0.3, -0.25) is 4.98 Å². The molecule has 3 heteroatoms. The molecule has 1 fully saturated rings. The highest BCUT2D eigenvalue weighted by molar-refractivity contribution is 5.45. The van der Waals surface area contributed by atoms with Crippen molar-refractivity contribution in [1.82, 2.24) is 4.98 Å². The second-order valence-electron chi connectivity index (χ2n) is 5.36. The van der Waals surface area contributed by atoms with Crippen LogP contribution in [-0.4, -0.2) is 23.2 Å². The molecule has 1 aliphatic heterocycles. The van der Waals surface area contributed by atoms with Gasteiger partial charge >= 0.3 is 0 Å². The largest absolute Gasteiger partial charge is 0.387 e. The first-order valence-corrected chi connectivity index (χ1v) is 6.47. The number of rotatable bonds is 3. The van der Waals surface area contributed by atoms with Crippen LogP contribution in [0.4, 0.5) is 5.69 Å². The Morgan fingerprint density at radius 1 is 1.35 bits per heavy atom. The van der Waals surface area contributed by atoms with E-state index in [2.05, 4.69) is 29.8 Å². The molecule has 94 valence electrons. The summed E-state index contributed by atoms with van der Waals surface area (Å²) in [4.78, 5) is 6.69. The van der Waals surface area contributed by atoms with E-state index in [1.807, 2.05) is 12.3 Å². The number of aliphatic hydroxyl groups excluding tert-OH is 1. The van der Waals surface area contributed by atoms with Crippen molar-refractivity contribution in [2.75, 3.05) is 18.0 Å². The lowest BCUT2D eigenvalue weighted by Crippen LogP contribution is -2.21. The van der Waals surface area contributed by atoms with E-state index < -0.39 is 6.10 Å².